The van der Waals surface area contributed by atoms with Crippen LogP contribution in [0.25, 0.3) is 0 Å². The average molecular weight is 307 g/mol. The van der Waals surface area contributed by atoms with E-state index in [1.54, 1.807) is 11.4 Å². The Kier molecular flexibility index (Phi) is 4.70. The molecular formula is C13H16F3NO2S. The van der Waals surface area contributed by atoms with Crippen LogP contribution in [-0.2, 0) is 6.54 Å². The number of hydrogen-bond donors (Lipinski definition) is 2. The molecule has 1 aromatic heterocycles. The molecule has 1 aromatic rings. The van der Waals surface area contributed by atoms with Gasteiger partial charge in [0.2, 0.25) is 0 Å². The Balaban J connectivity index is 1.85. The summed E-state index contributed by atoms with van der Waals surface area (Å²) < 4.78 is 38.0. The van der Waals surface area contributed by atoms with Crippen LogP contribution in [0.5, 0.6) is 0 Å². The third kappa shape index (κ3) is 3.96. The predicted molar refractivity (Wildman–Crippen MR) is 69.9 cm³/mol. The number of halogens is 3. The highest BCUT2D eigenvalue weighted by atomic mass is 32.1. The predicted octanol–water partition coefficient (Wildman–Crippen LogP) is 3.66. The van der Waals surface area contributed by atoms with Crippen LogP contribution in [0.2, 0.25) is 0 Å². The summed E-state index contributed by atoms with van der Waals surface area (Å²) in [6.45, 7) is 0.424. The lowest BCUT2D eigenvalue weighted by atomic mass is 9.85. The number of thiophene rings is 1. The Morgan fingerprint density at radius 1 is 1.45 bits per heavy atom. The van der Waals surface area contributed by atoms with Crippen molar-refractivity contribution in [3.63, 3.8) is 0 Å². The van der Waals surface area contributed by atoms with Crippen molar-refractivity contribution in [3.8, 4) is 0 Å². The van der Waals surface area contributed by atoms with Crippen molar-refractivity contribution in [1.82, 2.24) is 5.32 Å². The van der Waals surface area contributed by atoms with Gasteiger partial charge in [0, 0.05) is 22.8 Å². The molecule has 1 fully saturated rings. The summed E-state index contributed by atoms with van der Waals surface area (Å²) >= 11 is 1.31. The molecule has 1 aliphatic carbocycles. The van der Waals surface area contributed by atoms with Gasteiger partial charge in [0.1, 0.15) is 0 Å². The molecule has 0 amide bonds. The molecule has 3 nitrogen and oxygen atoms in total. The van der Waals surface area contributed by atoms with E-state index in [0.29, 0.717) is 13.0 Å². The van der Waals surface area contributed by atoms with E-state index in [1.165, 1.54) is 11.3 Å². The molecule has 1 heterocycles. The van der Waals surface area contributed by atoms with Crippen LogP contribution in [0, 0.1) is 5.92 Å². The van der Waals surface area contributed by atoms with E-state index < -0.39 is 18.1 Å². The topological polar surface area (TPSA) is 49.3 Å². The Morgan fingerprint density at radius 2 is 2.20 bits per heavy atom. The SMILES string of the molecule is O=C(O)c1csc(CNC2CCCC(C(F)(F)F)C2)c1. The molecule has 0 spiro atoms. The van der Waals surface area contributed by atoms with Crippen LogP contribution in [0.15, 0.2) is 11.4 Å². The van der Waals surface area contributed by atoms with Crippen molar-refractivity contribution in [2.45, 2.75) is 44.4 Å². The minimum absolute atomic E-state index is 0.112. The van der Waals surface area contributed by atoms with E-state index in [-0.39, 0.29) is 24.4 Å². The van der Waals surface area contributed by atoms with Crippen molar-refractivity contribution in [3.05, 3.63) is 21.9 Å². The highest BCUT2D eigenvalue weighted by Crippen LogP contribution is 2.37. The third-order valence-electron chi connectivity index (χ3n) is 3.60. The number of carboxylic acid groups (broad SMARTS) is 1. The Bertz CT molecular complexity index is 472. The van der Waals surface area contributed by atoms with Gasteiger partial charge in [-0.2, -0.15) is 13.2 Å². The average Bonchev–Trinajstić information content (AvgIpc) is 2.85. The molecule has 0 radical (unpaired) electrons. The fourth-order valence-corrected chi connectivity index (χ4v) is 3.31. The zero-order valence-corrected chi connectivity index (χ0v) is 11.6. The number of alkyl halides is 3. The smallest absolute Gasteiger partial charge is 0.391 e. The summed E-state index contributed by atoms with van der Waals surface area (Å²) in [6.07, 6.45) is -2.47. The van der Waals surface area contributed by atoms with Gasteiger partial charge in [-0.25, -0.2) is 4.79 Å². The molecule has 2 N–H and O–H groups in total. The second-order valence-electron chi connectivity index (χ2n) is 5.09. The van der Waals surface area contributed by atoms with E-state index in [4.69, 9.17) is 5.11 Å². The lowest BCUT2D eigenvalue weighted by Crippen LogP contribution is -2.38. The van der Waals surface area contributed by atoms with Gasteiger partial charge in [0.05, 0.1) is 11.5 Å². The maximum atomic E-state index is 12.7. The molecule has 0 saturated heterocycles. The van der Waals surface area contributed by atoms with Gasteiger partial charge in [-0.1, -0.05) is 6.42 Å². The zero-order chi connectivity index (χ0) is 14.8. The fourth-order valence-electron chi connectivity index (χ4n) is 2.50. The summed E-state index contributed by atoms with van der Waals surface area (Å²) in [7, 11) is 0. The van der Waals surface area contributed by atoms with Gasteiger partial charge in [-0.3, -0.25) is 0 Å². The molecular weight excluding hydrogens is 291 g/mol. The Morgan fingerprint density at radius 3 is 2.80 bits per heavy atom. The number of carbonyl (C=O) groups is 1. The van der Waals surface area contributed by atoms with Crippen molar-refractivity contribution in [1.29, 1.82) is 0 Å². The van der Waals surface area contributed by atoms with Crippen LogP contribution in [0.4, 0.5) is 13.2 Å². The van der Waals surface area contributed by atoms with E-state index >= 15 is 0 Å². The molecule has 0 bridgehead atoms. The zero-order valence-electron chi connectivity index (χ0n) is 10.7. The van der Waals surface area contributed by atoms with Crippen LogP contribution < -0.4 is 5.32 Å². The first-order valence-electron chi connectivity index (χ1n) is 6.47. The first-order valence-corrected chi connectivity index (χ1v) is 7.35. The molecule has 112 valence electrons. The van der Waals surface area contributed by atoms with E-state index in [1.807, 2.05) is 0 Å². The molecule has 2 unspecified atom stereocenters. The number of aromatic carboxylic acids is 1. The largest absolute Gasteiger partial charge is 0.478 e. The molecule has 2 atom stereocenters. The molecule has 20 heavy (non-hydrogen) atoms. The van der Waals surface area contributed by atoms with Crippen LogP contribution in [0.1, 0.15) is 40.9 Å². The third-order valence-corrected chi connectivity index (χ3v) is 4.54. The Hall–Kier alpha value is -1.08. The first-order chi connectivity index (χ1) is 9.36. The molecule has 7 heteroatoms. The summed E-state index contributed by atoms with van der Waals surface area (Å²) in [5.74, 6) is -2.20. The van der Waals surface area contributed by atoms with Gasteiger partial charge in [-0.05, 0) is 25.3 Å². The van der Waals surface area contributed by atoms with Gasteiger partial charge in [0.25, 0.3) is 0 Å². The Labute approximate surface area is 118 Å². The standard InChI is InChI=1S/C13H16F3NO2S/c14-13(15,16)9-2-1-3-10(5-9)17-6-11-4-8(7-20-11)12(18)19/h4,7,9-10,17H,1-3,5-6H2,(H,18,19). The lowest BCUT2D eigenvalue weighted by Gasteiger charge is -2.31. The summed E-state index contributed by atoms with van der Waals surface area (Å²) in [5.41, 5.74) is 0.226. The second-order valence-corrected chi connectivity index (χ2v) is 6.09. The van der Waals surface area contributed by atoms with Crippen LogP contribution >= 0.6 is 11.3 Å². The molecule has 2 rings (SSSR count). The number of carboxylic acids is 1. The van der Waals surface area contributed by atoms with Gasteiger partial charge < -0.3 is 10.4 Å². The molecule has 1 saturated carbocycles. The van der Waals surface area contributed by atoms with Gasteiger partial charge in [-0.15, -0.1) is 11.3 Å². The highest BCUT2D eigenvalue weighted by molar-refractivity contribution is 7.10. The molecule has 0 aromatic carbocycles. The molecule has 0 aliphatic heterocycles. The van der Waals surface area contributed by atoms with Crippen molar-refractivity contribution in [2.75, 3.05) is 0 Å². The maximum absolute atomic E-state index is 12.7. The van der Waals surface area contributed by atoms with E-state index in [9.17, 15) is 18.0 Å². The summed E-state index contributed by atoms with van der Waals surface area (Å²) in [5, 5.41) is 13.5. The van der Waals surface area contributed by atoms with Crippen molar-refractivity contribution >= 4 is 17.3 Å². The van der Waals surface area contributed by atoms with E-state index in [2.05, 4.69) is 5.32 Å². The lowest BCUT2D eigenvalue weighted by molar-refractivity contribution is -0.183. The maximum Gasteiger partial charge on any atom is 0.391 e. The highest BCUT2D eigenvalue weighted by Gasteiger charge is 2.41. The number of hydrogen-bond acceptors (Lipinski definition) is 3. The summed E-state index contributed by atoms with van der Waals surface area (Å²) in [6, 6.07) is 1.41. The van der Waals surface area contributed by atoms with Gasteiger partial charge >= 0.3 is 12.1 Å². The van der Waals surface area contributed by atoms with Gasteiger partial charge in [0.15, 0.2) is 0 Å². The van der Waals surface area contributed by atoms with E-state index in [0.717, 1.165) is 11.3 Å². The van der Waals surface area contributed by atoms with Crippen molar-refractivity contribution in [2.24, 2.45) is 5.92 Å². The summed E-state index contributed by atoms with van der Waals surface area (Å²) in [4.78, 5) is 11.6. The number of rotatable bonds is 4. The fraction of sp³-hybridized carbons (Fsp3) is 0.615. The first kappa shape index (κ1) is 15.3. The second kappa shape index (κ2) is 6.13. The quantitative estimate of drug-likeness (QED) is 0.892. The molecule has 1 aliphatic rings. The van der Waals surface area contributed by atoms with Crippen LogP contribution in [0.3, 0.4) is 0 Å². The minimum Gasteiger partial charge on any atom is -0.478 e. The number of nitrogens with one attached hydrogen (secondary N) is 1. The monoisotopic (exact) mass is 307 g/mol. The minimum atomic E-state index is -4.11. The normalized spacial score (nSPS) is 23.8. The van der Waals surface area contributed by atoms with Crippen LogP contribution in [-0.4, -0.2) is 23.3 Å². The van der Waals surface area contributed by atoms with Crippen molar-refractivity contribution < 1.29 is 23.1 Å².